The fourth-order valence-corrected chi connectivity index (χ4v) is 5.09. The highest BCUT2D eigenvalue weighted by Crippen LogP contribution is 2.30. The normalized spacial score (nSPS) is 11.6. The van der Waals surface area contributed by atoms with Crippen molar-refractivity contribution < 1.29 is 13.2 Å². The van der Waals surface area contributed by atoms with E-state index in [0.717, 1.165) is 8.78 Å². The molecule has 1 N–H and O–H groups in total. The van der Waals surface area contributed by atoms with Crippen LogP contribution in [-0.2, 0) is 21.4 Å². The number of carbonyl (C=O) groups is 1. The SMILES string of the molecule is O=C(CN(Cc1ccc(Cl)c(Cl)c1)S(=O)(=O)c1ccc(Br)cc1)Nc1cccc(Cl)c1Cl. The van der Waals surface area contributed by atoms with E-state index in [1.54, 1.807) is 48.5 Å². The molecule has 0 bridgehead atoms. The van der Waals surface area contributed by atoms with Gasteiger partial charge in [0.05, 0.1) is 37.2 Å². The van der Waals surface area contributed by atoms with E-state index in [9.17, 15) is 13.2 Å². The molecule has 0 spiro atoms. The fraction of sp³-hybridized carbons (Fsp3) is 0.0952. The summed E-state index contributed by atoms with van der Waals surface area (Å²) in [4.78, 5) is 12.8. The summed E-state index contributed by atoms with van der Waals surface area (Å²) in [5.74, 6) is -0.588. The lowest BCUT2D eigenvalue weighted by molar-refractivity contribution is -0.116. The van der Waals surface area contributed by atoms with Crippen molar-refractivity contribution in [2.24, 2.45) is 0 Å². The average Bonchev–Trinajstić information content (AvgIpc) is 2.74. The van der Waals surface area contributed by atoms with Gasteiger partial charge < -0.3 is 5.32 Å². The van der Waals surface area contributed by atoms with Crippen LogP contribution in [0.4, 0.5) is 5.69 Å². The maximum Gasteiger partial charge on any atom is 0.243 e. The molecule has 11 heteroatoms. The summed E-state index contributed by atoms with van der Waals surface area (Å²) in [5.41, 5.74) is 0.841. The van der Waals surface area contributed by atoms with Crippen LogP contribution in [0.1, 0.15) is 5.56 Å². The summed E-state index contributed by atoms with van der Waals surface area (Å²) in [7, 11) is -4.03. The molecular weight excluding hydrogens is 582 g/mol. The molecule has 0 radical (unpaired) electrons. The van der Waals surface area contributed by atoms with Crippen LogP contribution in [0.5, 0.6) is 0 Å². The Balaban J connectivity index is 1.92. The molecule has 0 unspecified atom stereocenters. The molecule has 0 atom stereocenters. The Kier molecular flexibility index (Phi) is 8.49. The number of hydrogen-bond donors (Lipinski definition) is 1. The number of benzene rings is 3. The Morgan fingerprint density at radius 2 is 1.59 bits per heavy atom. The third-order valence-corrected chi connectivity index (χ3v) is 8.23. The maximum atomic E-state index is 13.3. The number of nitrogens with one attached hydrogen (secondary N) is 1. The second kappa shape index (κ2) is 10.7. The Labute approximate surface area is 214 Å². The highest BCUT2D eigenvalue weighted by Gasteiger charge is 2.27. The molecule has 0 aromatic heterocycles. The summed E-state index contributed by atoms with van der Waals surface area (Å²) in [5, 5.41) is 3.65. The summed E-state index contributed by atoms with van der Waals surface area (Å²) in [6.07, 6.45) is 0. The number of carbonyl (C=O) groups excluding carboxylic acids is 1. The van der Waals surface area contributed by atoms with Gasteiger partial charge in [-0.15, -0.1) is 0 Å². The quantitative estimate of drug-likeness (QED) is 0.323. The van der Waals surface area contributed by atoms with Crippen LogP contribution < -0.4 is 5.32 Å². The van der Waals surface area contributed by atoms with E-state index in [0.29, 0.717) is 10.6 Å². The van der Waals surface area contributed by atoms with E-state index >= 15 is 0 Å². The molecule has 0 fully saturated rings. The highest BCUT2D eigenvalue weighted by atomic mass is 79.9. The van der Waals surface area contributed by atoms with E-state index in [4.69, 9.17) is 46.4 Å². The molecule has 1 amide bonds. The number of nitrogens with zero attached hydrogens (tertiary/aromatic N) is 1. The zero-order chi connectivity index (χ0) is 23.5. The number of amides is 1. The number of hydrogen-bond acceptors (Lipinski definition) is 3. The first-order valence-corrected chi connectivity index (χ1v) is 12.8. The monoisotopic (exact) mass is 594 g/mol. The molecular formula is C21H15BrCl4N2O3S. The molecule has 32 heavy (non-hydrogen) atoms. The second-order valence-corrected chi connectivity index (χ2v) is 11.1. The third-order valence-electron chi connectivity index (χ3n) is 4.34. The highest BCUT2D eigenvalue weighted by molar-refractivity contribution is 9.10. The van der Waals surface area contributed by atoms with Crippen LogP contribution in [0, 0.1) is 0 Å². The molecule has 168 valence electrons. The lowest BCUT2D eigenvalue weighted by Crippen LogP contribution is -2.37. The fourth-order valence-electron chi connectivity index (χ4n) is 2.77. The van der Waals surface area contributed by atoms with Gasteiger partial charge in [0, 0.05) is 11.0 Å². The zero-order valence-corrected chi connectivity index (χ0v) is 21.6. The third kappa shape index (κ3) is 6.17. The number of sulfonamides is 1. The Bertz CT molecular complexity index is 1250. The van der Waals surface area contributed by atoms with Gasteiger partial charge in [-0.2, -0.15) is 4.31 Å². The summed E-state index contributed by atoms with van der Waals surface area (Å²) >= 11 is 27.4. The van der Waals surface area contributed by atoms with Gasteiger partial charge in [0.2, 0.25) is 15.9 Å². The lowest BCUT2D eigenvalue weighted by atomic mass is 10.2. The Morgan fingerprint density at radius 1 is 0.906 bits per heavy atom. The molecule has 0 aliphatic rings. The van der Waals surface area contributed by atoms with Crippen LogP contribution in [-0.4, -0.2) is 25.2 Å². The van der Waals surface area contributed by atoms with Gasteiger partial charge in [0.15, 0.2) is 0 Å². The Morgan fingerprint density at radius 3 is 2.25 bits per heavy atom. The molecule has 3 aromatic carbocycles. The first-order valence-electron chi connectivity index (χ1n) is 9.01. The second-order valence-electron chi connectivity index (χ2n) is 6.63. The summed E-state index contributed by atoms with van der Waals surface area (Å²) in [6.45, 7) is -0.576. The minimum Gasteiger partial charge on any atom is -0.324 e. The summed E-state index contributed by atoms with van der Waals surface area (Å²) in [6, 6.07) is 15.6. The predicted molar refractivity (Wildman–Crippen MR) is 133 cm³/mol. The predicted octanol–water partition coefficient (Wildman–Crippen LogP) is 6.89. The van der Waals surface area contributed by atoms with Gasteiger partial charge in [-0.3, -0.25) is 4.79 Å². The van der Waals surface area contributed by atoms with E-state index in [-0.39, 0.29) is 32.2 Å². The number of rotatable bonds is 7. The summed E-state index contributed by atoms with van der Waals surface area (Å²) < 4.78 is 28.4. The smallest absolute Gasteiger partial charge is 0.243 e. The van der Waals surface area contributed by atoms with Crippen LogP contribution >= 0.6 is 62.3 Å². The minimum absolute atomic E-state index is 0.0364. The van der Waals surface area contributed by atoms with Gasteiger partial charge in [0.1, 0.15) is 0 Å². The van der Waals surface area contributed by atoms with E-state index in [1.165, 1.54) is 12.1 Å². The van der Waals surface area contributed by atoms with Crippen molar-refractivity contribution in [3.05, 3.63) is 90.8 Å². The van der Waals surface area contributed by atoms with Crippen LogP contribution in [0.3, 0.4) is 0 Å². The van der Waals surface area contributed by atoms with Crippen molar-refractivity contribution in [2.75, 3.05) is 11.9 Å². The zero-order valence-electron chi connectivity index (χ0n) is 16.2. The van der Waals surface area contributed by atoms with Gasteiger partial charge in [-0.25, -0.2) is 8.42 Å². The molecule has 0 saturated carbocycles. The Hall–Kier alpha value is -1.32. The van der Waals surface area contributed by atoms with Crippen LogP contribution in [0.25, 0.3) is 0 Å². The van der Waals surface area contributed by atoms with Gasteiger partial charge in [-0.05, 0) is 54.1 Å². The van der Waals surface area contributed by atoms with Crippen LogP contribution in [0.2, 0.25) is 20.1 Å². The standard InChI is InChI=1S/C21H15BrCl4N2O3S/c22-14-5-7-15(8-6-14)32(30,31)28(11-13-4-9-16(23)18(25)10-13)12-20(29)27-19-3-1-2-17(24)21(19)26/h1-10H,11-12H2,(H,27,29). The van der Waals surface area contributed by atoms with E-state index in [2.05, 4.69) is 21.2 Å². The molecule has 0 aliphatic carbocycles. The van der Waals surface area contributed by atoms with Crippen molar-refractivity contribution >= 4 is 84.0 Å². The van der Waals surface area contributed by atoms with Crippen molar-refractivity contribution in [1.29, 1.82) is 0 Å². The van der Waals surface area contributed by atoms with Crippen molar-refractivity contribution in [3.8, 4) is 0 Å². The minimum atomic E-state index is -4.03. The van der Waals surface area contributed by atoms with Gasteiger partial charge in [0.25, 0.3) is 0 Å². The van der Waals surface area contributed by atoms with Gasteiger partial charge >= 0.3 is 0 Å². The lowest BCUT2D eigenvalue weighted by Gasteiger charge is -2.22. The maximum absolute atomic E-state index is 13.3. The van der Waals surface area contributed by atoms with Crippen molar-refractivity contribution in [1.82, 2.24) is 4.31 Å². The first kappa shape index (κ1) is 25.3. The van der Waals surface area contributed by atoms with E-state index < -0.39 is 22.5 Å². The van der Waals surface area contributed by atoms with Crippen molar-refractivity contribution in [2.45, 2.75) is 11.4 Å². The molecule has 0 saturated heterocycles. The van der Waals surface area contributed by atoms with E-state index in [1.807, 2.05) is 0 Å². The first-order chi connectivity index (χ1) is 15.1. The molecule has 5 nitrogen and oxygen atoms in total. The number of halogens is 5. The van der Waals surface area contributed by atoms with Gasteiger partial charge in [-0.1, -0.05) is 74.5 Å². The van der Waals surface area contributed by atoms with Crippen LogP contribution in [0.15, 0.2) is 70.0 Å². The topological polar surface area (TPSA) is 66.5 Å². The molecule has 0 aliphatic heterocycles. The molecule has 0 heterocycles. The molecule has 3 rings (SSSR count). The number of anilines is 1. The average molecular weight is 597 g/mol. The molecule has 3 aromatic rings. The largest absolute Gasteiger partial charge is 0.324 e. The van der Waals surface area contributed by atoms with Crippen molar-refractivity contribution in [3.63, 3.8) is 0 Å².